The minimum atomic E-state index is 0.552. The number of halogens is 1. The normalized spacial score (nSPS) is 14.5. The number of hydrogen-bond donors (Lipinski definition) is 1. The molecular formula is C14H18ClN5O. The van der Waals surface area contributed by atoms with Gasteiger partial charge in [0, 0.05) is 31.0 Å². The van der Waals surface area contributed by atoms with Gasteiger partial charge in [0.25, 0.3) is 0 Å². The largest absolute Gasteiger partial charge is 0.399 e. The standard InChI is InChI=1S/C14H18ClN5O/c15-13-8-11(16)4-5-12(13)14-17-18-19-20(14)6-1-7-21-9-10-2-3-10/h4-5,8,10H,1-3,6-7,9,16H2. The third-order valence-corrected chi connectivity index (χ3v) is 3.79. The smallest absolute Gasteiger partial charge is 0.183 e. The second-order valence-electron chi connectivity index (χ2n) is 5.34. The van der Waals surface area contributed by atoms with Crippen LogP contribution in [0.4, 0.5) is 5.69 Å². The van der Waals surface area contributed by atoms with Gasteiger partial charge in [-0.1, -0.05) is 11.6 Å². The summed E-state index contributed by atoms with van der Waals surface area (Å²) in [5.41, 5.74) is 7.11. The van der Waals surface area contributed by atoms with E-state index in [-0.39, 0.29) is 0 Å². The lowest BCUT2D eigenvalue weighted by Gasteiger charge is -2.07. The predicted molar refractivity (Wildman–Crippen MR) is 80.8 cm³/mol. The first kappa shape index (κ1) is 14.3. The molecule has 1 fully saturated rings. The number of nitrogen functional groups attached to an aromatic ring is 1. The molecule has 112 valence electrons. The van der Waals surface area contributed by atoms with Crippen molar-refractivity contribution in [1.29, 1.82) is 0 Å². The second-order valence-corrected chi connectivity index (χ2v) is 5.74. The van der Waals surface area contributed by atoms with Crippen LogP contribution < -0.4 is 5.73 Å². The number of ether oxygens (including phenoxy) is 1. The van der Waals surface area contributed by atoms with Gasteiger partial charge in [-0.15, -0.1) is 5.10 Å². The maximum Gasteiger partial charge on any atom is 0.183 e. The quantitative estimate of drug-likeness (QED) is 0.627. The van der Waals surface area contributed by atoms with Crippen LogP contribution in [-0.2, 0) is 11.3 Å². The first-order valence-corrected chi connectivity index (χ1v) is 7.51. The number of aryl methyl sites for hydroxylation is 1. The molecule has 0 bridgehead atoms. The molecule has 2 N–H and O–H groups in total. The Labute approximate surface area is 128 Å². The zero-order valence-electron chi connectivity index (χ0n) is 11.7. The maximum atomic E-state index is 6.20. The Kier molecular flexibility index (Phi) is 4.36. The number of nitrogens with zero attached hydrogens (tertiary/aromatic N) is 4. The molecule has 1 saturated carbocycles. The molecule has 0 aliphatic heterocycles. The summed E-state index contributed by atoms with van der Waals surface area (Å²) in [6.45, 7) is 2.31. The molecule has 0 unspecified atom stereocenters. The lowest BCUT2D eigenvalue weighted by molar-refractivity contribution is 0.118. The molecule has 1 aliphatic carbocycles. The number of benzene rings is 1. The summed E-state index contributed by atoms with van der Waals surface area (Å²) in [4.78, 5) is 0. The Balaban J connectivity index is 1.60. The molecule has 1 heterocycles. The molecule has 21 heavy (non-hydrogen) atoms. The number of hydrogen-bond acceptors (Lipinski definition) is 5. The van der Waals surface area contributed by atoms with Crippen molar-refractivity contribution >= 4 is 17.3 Å². The Hall–Kier alpha value is -1.66. The third-order valence-electron chi connectivity index (χ3n) is 3.48. The molecular weight excluding hydrogens is 290 g/mol. The zero-order valence-corrected chi connectivity index (χ0v) is 12.5. The van der Waals surface area contributed by atoms with Gasteiger partial charge in [-0.2, -0.15) is 0 Å². The van der Waals surface area contributed by atoms with Gasteiger partial charge in [0.05, 0.1) is 5.02 Å². The van der Waals surface area contributed by atoms with Gasteiger partial charge in [0.2, 0.25) is 0 Å². The monoisotopic (exact) mass is 307 g/mol. The van der Waals surface area contributed by atoms with E-state index in [1.807, 2.05) is 6.07 Å². The molecule has 2 aromatic rings. The summed E-state index contributed by atoms with van der Waals surface area (Å²) >= 11 is 6.20. The molecule has 0 atom stereocenters. The van der Waals surface area contributed by atoms with Gasteiger partial charge in [-0.25, -0.2) is 4.68 Å². The highest BCUT2D eigenvalue weighted by Gasteiger charge is 2.21. The van der Waals surface area contributed by atoms with Crippen LogP contribution in [0.2, 0.25) is 5.02 Å². The van der Waals surface area contributed by atoms with Gasteiger partial charge in [-0.05, 0) is 53.8 Å². The van der Waals surface area contributed by atoms with E-state index in [1.165, 1.54) is 12.8 Å². The highest BCUT2D eigenvalue weighted by Crippen LogP contribution is 2.29. The third kappa shape index (κ3) is 3.71. The van der Waals surface area contributed by atoms with Crippen LogP contribution in [0.25, 0.3) is 11.4 Å². The molecule has 0 spiro atoms. The van der Waals surface area contributed by atoms with Crippen LogP contribution in [-0.4, -0.2) is 33.4 Å². The number of rotatable bonds is 7. The summed E-state index contributed by atoms with van der Waals surface area (Å²) in [7, 11) is 0. The number of nitrogens with two attached hydrogens (primary N) is 1. The van der Waals surface area contributed by atoms with E-state index in [2.05, 4.69) is 15.5 Å². The predicted octanol–water partition coefficient (Wildman–Crippen LogP) is 2.39. The minimum absolute atomic E-state index is 0.552. The van der Waals surface area contributed by atoms with Crippen LogP contribution in [0.1, 0.15) is 19.3 Å². The number of aromatic nitrogens is 4. The van der Waals surface area contributed by atoms with Crippen molar-refractivity contribution in [3.8, 4) is 11.4 Å². The molecule has 0 radical (unpaired) electrons. The van der Waals surface area contributed by atoms with Crippen molar-refractivity contribution in [1.82, 2.24) is 20.2 Å². The van der Waals surface area contributed by atoms with Gasteiger partial charge in [0.1, 0.15) is 0 Å². The van der Waals surface area contributed by atoms with Crippen LogP contribution in [0.5, 0.6) is 0 Å². The Bertz CT molecular complexity index is 611. The van der Waals surface area contributed by atoms with Crippen molar-refractivity contribution in [2.75, 3.05) is 18.9 Å². The molecule has 7 heteroatoms. The van der Waals surface area contributed by atoms with E-state index in [0.29, 0.717) is 23.1 Å². The van der Waals surface area contributed by atoms with E-state index in [1.54, 1.807) is 16.8 Å². The van der Waals surface area contributed by atoms with E-state index in [9.17, 15) is 0 Å². The van der Waals surface area contributed by atoms with Gasteiger partial charge >= 0.3 is 0 Å². The van der Waals surface area contributed by atoms with Gasteiger partial charge in [-0.3, -0.25) is 0 Å². The molecule has 1 aliphatic rings. The van der Waals surface area contributed by atoms with E-state index < -0.39 is 0 Å². The highest BCUT2D eigenvalue weighted by molar-refractivity contribution is 6.33. The minimum Gasteiger partial charge on any atom is -0.399 e. The van der Waals surface area contributed by atoms with Crippen molar-refractivity contribution in [3.63, 3.8) is 0 Å². The van der Waals surface area contributed by atoms with E-state index in [0.717, 1.165) is 31.1 Å². The van der Waals surface area contributed by atoms with Crippen molar-refractivity contribution in [3.05, 3.63) is 23.2 Å². The van der Waals surface area contributed by atoms with Crippen LogP contribution in [0.3, 0.4) is 0 Å². The fraction of sp³-hybridized carbons (Fsp3) is 0.500. The fourth-order valence-electron chi connectivity index (χ4n) is 2.11. The average molecular weight is 308 g/mol. The highest BCUT2D eigenvalue weighted by atomic mass is 35.5. The first-order valence-electron chi connectivity index (χ1n) is 7.13. The van der Waals surface area contributed by atoms with Crippen LogP contribution in [0.15, 0.2) is 18.2 Å². The summed E-state index contributed by atoms with van der Waals surface area (Å²) < 4.78 is 7.36. The van der Waals surface area contributed by atoms with Crippen molar-refractivity contribution in [2.24, 2.45) is 5.92 Å². The van der Waals surface area contributed by atoms with Gasteiger partial charge < -0.3 is 10.5 Å². The molecule has 0 saturated heterocycles. The molecule has 3 rings (SSSR count). The van der Waals surface area contributed by atoms with E-state index >= 15 is 0 Å². The topological polar surface area (TPSA) is 78.9 Å². The summed E-state index contributed by atoms with van der Waals surface area (Å²) in [5, 5.41) is 12.3. The Morgan fingerprint density at radius 3 is 3.00 bits per heavy atom. The molecule has 1 aromatic carbocycles. The molecule has 0 amide bonds. The van der Waals surface area contributed by atoms with E-state index in [4.69, 9.17) is 22.1 Å². The van der Waals surface area contributed by atoms with Crippen molar-refractivity contribution < 1.29 is 4.74 Å². The SMILES string of the molecule is Nc1ccc(-c2nnnn2CCCOCC2CC2)c(Cl)c1. The first-order chi connectivity index (χ1) is 10.2. The number of tetrazole rings is 1. The molecule has 1 aromatic heterocycles. The lowest BCUT2D eigenvalue weighted by Crippen LogP contribution is -2.07. The second kappa shape index (κ2) is 6.41. The summed E-state index contributed by atoms with van der Waals surface area (Å²) in [5.74, 6) is 1.45. The average Bonchev–Trinajstić information content (AvgIpc) is 3.17. The zero-order chi connectivity index (χ0) is 14.7. The fourth-order valence-corrected chi connectivity index (χ4v) is 2.39. The maximum absolute atomic E-state index is 6.20. The van der Waals surface area contributed by atoms with Crippen molar-refractivity contribution in [2.45, 2.75) is 25.8 Å². The Morgan fingerprint density at radius 2 is 2.24 bits per heavy atom. The molecule has 6 nitrogen and oxygen atoms in total. The lowest BCUT2D eigenvalue weighted by atomic mass is 10.2. The van der Waals surface area contributed by atoms with Gasteiger partial charge in [0.15, 0.2) is 5.82 Å². The summed E-state index contributed by atoms with van der Waals surface area (Å²) in [6, 6.07) is 5.33. The number of anilines is 1. The van der Waals surface area contributed by atoms with Crippen LogP contribution in [0, 0.1) is 5.92 Å². The van der Waals surface area contributed by atoms with Crippen LogP contribution >= 0.6 is 11.6 Å². The summed E-state index contributed by atoms with van der Waals surface area (Å²) in [6.07, 6.45) is 3.50. The Morgan fingerprint density at radius 1 is 1.38 bits per heavy atom.